The molecule has 6 heteroatoms. The molecule has 4 aromatic carbocycles. The van der Waals surface area contributed by atoms with Crippen LogP contribution in [0.1, 0.15) is 5.56 Å². The van der Waals surface area contributed by atoms with Gasteiger partial charge in [0.25, 0.3) is 5.91 Å². The van der Waals surface area contributed by atoms with Gasteiger partial charge in [-0.25, -0.2) is 5.43 Å². The zero-order valence-corrected chi connectivity index (χ0v) is 17.8. The molecule has 5 nitrogen and oxygen atoms in total. The summed E-state index contributed by atoms with van der Waals surface area (Å²) >= 11 is 3.40. The number of benzene rings is 4. The standard InChI is InChI=1S/C24H19BrN2O3/c1-29-18-10-11-23(22(25)13-18)30-15-24(28)27-26-14-21-19-8-4-2-6-16(19)12-17-7-3-5-9-20(17)21/h2-14H,15H2,1H3,(H,27,28)/b26-14+. The minimum absolute atomic E-state index is 0.154. The minimum Gasteiger partial charge on any atom is -0.497 e. The van der Waals surface area contributed by atoms with Gasteiger partial charge in [0.1, 0.15) is 11.5 Å². The van der Waals surface area contributed by atoms with Gasteiger partial charge in [0.15, 0.2) is 6.61 Å². The highest BCUT2D eigenvalue weighted by Crippen LogP contribution is 2.29. The van der Waals surface area contributed by atoms with Gasteiger partial charge in [0.2, 0.25) is 0 Å². The van der Waals surface area contributed by atoms with Crippen LogP contribution in [-0.2, 0) is 4.79 Å². The smallest absolute Gasteiger partial charge is 0.277 e. The van der Waals surface area contributed by atoms with Gasteiger partial charge in [-0.1, -0.05) is 48.5 Å². The number of carbonyl (C=O) groups is 1. The van der Waals surface area contributed by atoms with Crippen LogP contribution in [0.5, 0.6) is 11.5 Å². The van der Waals surface area contributed by atoms with Crippen molar-refractivity contribution in [2.45, 2.75) is 0 Å². The quantitative estimate of drug-likeness (QED) is 0.240. The number of ether oxygens (including phenoxy) is 2. The highest BCUT2D eigenvalue weighted by molar-refractivity contribution is 9.10. The zero-order chi connectivity index (χ0) is 20.9. The number of carbonyl (C=O) groups excluding carboxylic acids is 1. The Hall–Kier alpha value is -3.38. The molecular formula is C24H19BrN2O3. The van der Waals surface area contributed by atoms with Gasteiger partial charge in [-0.2, -0.15) is 5.10 Å². The average Bonchev–Trinajstić information content (AvgIpc) is 2.77. The molecule has 0 spiro atoms. The number of hydrogen-bond acceptors (Lipinski definition) is 4. The number of methoxy groups -OCH3 is 1. The molecule has 4 rings (SSSR count). The third-order valence-electron chi connectivity index (χ3n) is 4.69. The Balaban J connectivity index is 1.49. The van der Waals surface area contributed by atoms with Crippen molar-refractivity contribution in [2.75, 3.05) is 13.7 Å². The average molecular weight is 463 g/mol. The number of hydrazone groups is 1. The van der Waals surface area contributed by atoms with Gasteiger partial charge in [-0.15, -0.1) is 0 Å². The molecule has 30 heavy (non-hydrogen) atoms. The van der Waals surface area contributed by atoms with Crippen LogP contribution in [0, 0.1) is 0 Å². The predicted molar refractivity (Wildman–Crippen MR) is 123 cm³/mol. The molecule has 4 aromatic rings. The molecule has 0 fully saturated rings. The van der Waals surface area contributed by atoms with E-state index in [1.165, 1.54) is 0 Å². The number of nitrogens with one attached hydrogen (secondary N) is 1. The summed E-state index contributed by atoms with van der Waals surface area (Å²) in [5.41, 5.74) is 3.50. The van der Waals surface area contributed by atoms with E-state index in [1.54, 1.807) is 31.5 Å². The first-order valence-corrected chi connectivity index (χ1v) is 10.1. The highest BCUT2D eigenvalue weighted by atomic mass is 79.9. The first-order valence-electron chi connectivity index (χ1n) is 9.34. The summed E-state index contributed by atoms with van der Waals surface area (Å²) in [6.07, 6.45) is 1.69. The Morgan fingerprint density at radius 2 is 1.67 bits per heavy atom. The molecule has 0 bridgehead atoms. The molecule has 0 saturated heterocycles. The van der Waals surface area contributed by atoms with Crippen LogP contribution in [0.3, 0.4) is 0 Å². The zero-order valence-electron chi connectivity index (χ0n) is 16.3. The fourth-order valence-electron chi connectivity index (χ4n) is 3.26. The van der Waals surface area contributed by atoms with E-state index in [-0.39, 0.29) is 12.5 Å². The Labute approximate surface area is 182 Å². The molecule has 0 aliphatic heterocycles. The van der Waals surface area contributed by atoms with Crippen LogP contribution < -0.4 is 14.9 Å². The number of rotatable bonds is 6. The second-order valence-corrected chi connectivity index (χ2v) is 7.47. The second-order valence-electron chi connectivity index (χ2n) is 6.61. The maximum absolute atomic E-state index is 12.2. The summed E-state index contributed by atoms with van der Waals surface area (Å²) in [6, 6.07) is 23.7. The molecular weight excluding hydrogens is 444 g/mol. The van der Waals surface area contributed by atoms with Crippen molar-refractivity contribution in [3.8, 4) is 11.5 Å². The van der Waals surface area contributed by atoms with Crippen molar-refractivity contribution in [3.63, 3.8) is 0 Å². The number of amides is 1. The molecule has 0 aromatic heterocycles. The van der Waals surface area contributed by atoms with Crippen LogP contribution >= 0.6 is 15.9 Å². The molecule has 0 atom stereocenters. The summed E-state index contributed by atoms with van der Waals surface area (Å²) in [5.74, 6) is 0.902. The predicted octanol–water partition coefficient (Wildman–Crippen LogP) is 5.29. The second kappa shape index (κ2) is 8.97. The van der Waals surface area contributed by atoms with Crippen molar-refractivity contribution < 1.29 is 14.3 Å². The molecule has 0 unspecified atom stereocenters. The lowest BCUT2D eigenvalue weighted by Crippen LogP contribution is -2.24. The van der Waals surface area contributed by atoms with E-state index in [0.717, 1.165) is 27.1 Å². The van der Waals surface area contributed by atoms with E-state index in [9.17, 15) is 4.79 Å². The van der Waals surface area contributed by atoms with Crippen molar-refractivity contribution >= 4 is 49.6 Å². The summed E-state index contributed by atoms with van der Waals surface area (Å²) < 4.78 is 11.4. The van der Waals surface area contributed by atoms with E-state index < -0.39 is 0 Å². The number of halogens is 1. The summed E-state index contributed by atoms with van der Waals surface area (Å²) in [5, 5.41) is 8.56. The third-order valence-corrected chi connectivity index (χ3v) is 5.31. The SMILES string of the molecule is COc1ccc(OCC(=O)N/N=C/c2c3ccccc3cc3ccccc23)c(Br)c1. The lowest BCUT2D eigenvalue weighted by atomic mass is 9.97. The van der Waals surface area contributed by atoms with E-state index in [0.29, 0.717) is 16.0 Å². The minimum atomic E-state index is -0.349. The Morgan fingerprint density at radius 3 is 2.30 bits per heavy atom. The van der Waals surface area contributed by atoms with E-state index in [1.807, 2.05) is 24.3 Å². The van der Waals surface area contributed by atoms with Gasteiger partial charge in [0.05, 0.1) is 17.8 Å². The van der Waals surface area contributed by atoms with E-state index in [4.69, 9.17) is 9.47 Å². The van der Waals surface area contributed by atoms with Gasteiger partial charge in [-0.05, 0) is 61.7 Å². The molecule has 0 aliphatic rings. The van der Waals surface area contributed by atoms with Crippen molar-refractivity contribution in [1.82, 2.24) is 5.43 Å². The first kappa shape index (κ1) is 19.9. The van der Waals surface area contributed by atoms with Crippen LogP contribution in [0.25, 0.3) is 21.5 Å². The topological polar surface area (TPSA) is 59.9 Å². The van der Waals surface area contributed by atoms with Gasteiger partial charge in [0, 0.05) is 5.56 Å². The van der Waals surface area contributed by atoms with Crippen LogP contribution in [-0.4, -0.2) is 25.8 Å². The number of fused-ring (bicyclic) bond motifs is 2. The molecule has 0 radical (unpaired) electrons. The maximum Gasteiger partial charge on any atom is 0.277 e. The summed E-state index contributed by atoms with van der Waals surface area (Å²) in [6.45, 7) is -0.154. The summed E-state index contributed by atoms with van der Waals surface area (Å²) in [4.78, 5) is 12.2. The van der Waals surface area contributed by atoms with Crippen molar-refractivity contribution in [2.24, 2.45) is 5.10 Å². The molecule has 1 amide bonds. The highest BCUT2D eigenvalue weighted by Gasteiger charge is 2.08. The Bertz CT molecular complexity index is 1200. The van der Waals surface area contributed by atoms with E-state index >= 15 is 0 Å². The molecule has 150 valence electrons. The van der Waals surface area contributed by atoms with E-state index in [2.05, 4.69) is 56.8 Å². The monoisotopic (exact) mass is 462 g/mol. The number of hydrogen-bond donors (Lipinski definition) is 1. The van der Waals surface area contributed by atoms with Crippen molar-refractivity contribution in [3.05, 3.63) is 82.8 Å². The Kier molecular flexibility index (Phi) is 5.95. The van der Waals surface area contributed by atoms with Gasteiger partial charge >= 0.3 is 0 Å². The fraction of sp³-hybridized carbons (Fsp3) is 0.0833. The van der Waals surface area contributed by atoms with Crippen LogP contribution in [0.2, 0.25) is 0 Å². The lowest BCUT2D eigenvalue weighted by Gasteiger charge is -2.09. The van der Waals surface area contributed by atoms with Crippen LogP contribution in [0.4, 0.5) is 0 Å². The van der Waals surface area contributed by atoms with Gasteiger partial charge < -0.3 is 9.47 Å². The van der Waals surface area contributed by atoms with Gasteiger partial charge in [-0.3, -0.25) is 4.79 Å². The largest absolute Gasteiger partial charge is 0.497 e. The number of nitrogens with zero attached hydrogens (tertiary/aromatic N) is 1. The molecule has 0 heterocycles. The maximum atomic E-state index is 12.2. The summed E-state index contributed by atoms with van der Waals surface area (Å²) in [7, 11) is 1.59. The van der Waals surface area contributed by atoms with Crippen molar-refractivity contribution in [1.29, 1.82) is 0 Å². The lowest BCUT2D eigenvalue weighted by molar-refractivity contribution is -0.123. The molecule has 1 N–H and O–H groups in total. The molecule has 0 aliphatic carbocycles. The Morgan fingerprint density at radius 1 is 1.00 bits per heavy atom. The fourth-order valence-corrected chi connectivity index (χ4v) is 3.73. The molecule has 0 saturated carbocycles. The normalized spacial score (nSPS) is 11.1. The van der Waals surface area contributed by atoms with Crippen LogP contribution in [0.15, 0.2) is 82.4 Å². The third kappa shape index (κ3) is 4.28. The first-order chi connectivity index (χ1) is 14.7.